The Hall–Kier alpha value is -3.35. The Morgan fingerprint density at radius 2 is 1.49 bits per heavy atom. The first-order chi connectivity index (χ1) is 17.0. The first kappa shape index (κ1) is 24.8. The number of aliphatic carboxylic acids is 1. The van der Waals surface area contributed by atoms with Crippen molar-refractivity contribution >= 4 is 18.0 Å². The lowest BCUT2D eigenvalue weighted by molar-refractivity contribution is -0.137. The Labute approximate surface area is 206 Å². The summed E-state index contributed by atoms with van der Waals surface area (Å²) >= 11 is 0. The fourth-order valence-electron chi connectivity index (χ4n) is 5.41. The number of benzene rings is 2. The Morgan fingerprint density at radius 1 is 0.886 bits per heavy atom. The van der Waals surface area contributed by atoms with Crippen molar-refractivity contribution in [1.29, 1.82) is 0 Å². The van der Waals surface area contributed by atoms with Crippen LogP contribution in [0.5, 0.6) is 0 Å². The van der Waals surface area contributed by atoms with Gasteiger partial charge in [0.2, 0.25) is 5.91 Å². The monoisotopic (exact) mass is 478 g/mol. The molecular formula is C28H34N2O5. The second-order valence-corrected chi connectivity index (χ2v) is 9.63. The molecule has 3 N–H and O–H groups in total. The lowest BCUT2D eigenvalue weighted by Gasteiger charge is -2.31. The summed E-state index contributed by atoms with van der Waals surface area (Å²) in [7, 11) is 0. The van der Waals surface area contributed by atoms with Gasteiger partial charge < -0.3 is 20.5 Å². The molecule has 0 radical (unpaired) electrons. The van der Waals surface area contributed by atoms with E-state index in [2.05, 4.69) is 34.9 Å². The standard InChI is InChI=1S/C28H34N2O5/c31-25(32)14-9-17-29-26(33)28(15-7-1-2-8-16-28)19-30-27(34)35-18-24-22-12-5-3-10-20(22)21-11-4-6-13-23(21)24/h3-6,10-13,24H,1-2,7-9,14-19H2,(H,29,33)(H,30,34)(H,31,32). The summed E-state index contributed by atoms with van der Waals surface area (Å²) in [4.78, 5) is 36.6. The highest BCUT2D eigenvalue weighted by Gasteiger charge is 2.39. The van der Waals surface area contributed by atoms with E-state index in [1.165, 1.54) is 11.1 Å². The van der Waals surface area contributed by atoms with Gasteiger partial charge in [-0.3, -0.25) is 9.59 Å². The second kappa shape index (κ2) is 11.4. The van der Waals surface area contributed by atoms with Crippen LogP contribution in [0.15, 0.2) is 48.5 Å². The van der Waals surface area contributed by atoms with Crippen molar-refractivity contribution in [3.8, 4) is 11.1 Å². The van der Waals surface area contributed by atoms with Gasteiger partial charge in [-0.25, -0.2) is 4.79 Å². The molecule has 0 spiro atoms. The number of carbonyl (C=O) groups is 3. The van der Waals surface area contributed by atoms with Crippen molar-refractivity contribution in [2.45, 2.75) is 57.3 Å². The third kappa shape index (κ3) is 5.84. The van der Waals surface area contributed by atoms with Gasteiger partial charge in [-0.15, -0.1) is 0 Å². The summed E-state index contributed by atoms with van der Waals surface area (Å²) in [5.41, 5.74) is 3.97. The van der Waals surface area contributed by atoms with Gasteiger partial charge in [0.15, 0.2) is 0 Å². The van der Waals surface area contributed by atoms with Crippen LogP contribution in [0.4, 0.5) is 4.79 Å². The van der Waals surface area contributed by atoms with Gasteiger partial charge in [-0.05, 0) is 41.5 Å². The molecule has 7 heteroatoms. The fraction of sp³-hybridized carbons (Fsp3) is 0.464. The Morgan fingerprint density at radius 3 is 2.09 bits per heavy atom. The number of fused-ring (bicyclic) bond motifs is 3. The number of hydrogen-bond donors (Lipinski definition) is 3. The van der Waals surface area contributed by atoms with Gasteiger partial charge in [-0.2, -0.15) is 0 Å². The summed E-state index contributed by atoms with van der Waals surface area (Å²) in [6, 6.07) is 16.4. The molecular weight excluding hydrogens is 444 g/mol. The van der Waals surface area contributed by atoms with E-state index >= 15 is 0 Å². The number of alkyl carbamates (subject to hydrolysis) is 1. The van der Waals surface area contributed by atoms with E-state index in [0.717, 1.165) is 36.8 Å². The number of hydrogen-bond acceptors (Lipinski definition) is 4. The molecule has 0 saturated heterocycles. The average molecular weight is 479 g/mol. The van der Waals surface area contributed by atoms with Gasteiger partial charge >= 0.3 is 12.1 Å². The molecule has 2 aliphatic carbocycles. The van der Waals surface area contributed by atoms with Crippen LogP contribution in [0.1, 0.15) is 68.4 Å². The Kier molecular flexibility index (Phi) is 8.06. The van der Waals surface area contributed by atoms with E-state index < -0.39 is 17.5 Å². The maximum Gasteiger partial charge on any atom is 0.407 e. The van der Waals surface area contributed by atoms with Crippen LogP contribution in [0.2, 0.25) is 0 Å². The van der Waals surface area contributed by atoms with Crippen LogP contribution in [0.3, 0.4) is 0 Å². The molecule has 2 aromatic rings. The lowest BCUT2D eigenvalue weighted by atomic mass is 9.79. The minimum atomic E-state index is -0.875. The molecule has 7 nitrogen and oxygen atoms in total. The van der Waals surface area contributed by atoms with Crippen molar-refractivity contribution in [3.63, 3.8) is 0 Å². The second-order valence-electron chi connectivity index (χ2n) is 9.63. The molecule has 0 unspecified atom stereocenters. The minimum absolute atomic E-state index is 0.0162. The molecule has 2 aliphatic rings. The van der Waals surface area contributed by atoms with Crippen molar-refractivity contribution in [2.75, 3.05) is 19.7 Å². The van der Waals surface area contributed by atoms with E-state index in [4.69, 9.17) is 9.84 Å². The van der Waals surface area contributed by atoms with E-state index in [1.54, 1.807) is 0 Å². The molecule has 0 aliphatic heterocycles. The normalized spacial score (nSPS) is 16.5. The van der Waals surface area contributed by atoms with Crippen LogP contribution in [-0.2, 0) is 14.3 Å². The summed E-state index contributed by atoms with van der Waals surface area (Å²) in [5, 5.41) is 14.6. The highest BCUT2D eigenvalue weighted by molar-refractivity contribution is 5.84. The van der Waals surface area contributed by atoms with Crippen LogP contribution in [-0.4, -0.2) is 42.8 Å². The molecule has 2 aromatic carbocycles. The maximum atomic E-state index is 13.1. The summed E-state index contributed by atoms with van der Waals surface area (Å²) in [5.74, 6) is -0.999. The van der Waals surface area contributed by atoms with Crippen LogP contribution >= 0.6 is 0 Å². The molecule has 4 rings (SSSR count). The smallest absolute Gasteiger partial charge is 0.407 e. The largest absolute Gasteiger partial charge is 0.481 e. The third-order valence-electron chi connectivity index (χ3n) is 7.31. The first-order valence-corrected chi connectivity index (χ1v) is 12.6. The fourth-order valence-corrected chi connectivity index (χ4v) is 5.41. The first-order valence-electron chi connectivity index (χ1n) is 12.6. The molecule has 2 amide bonds. The zero-order valence-corrected chi connectivity index (χ0v) is 20.1. The molecule has 0 atom stereocenters. The summed E-state index contributed by atoms with van der Waals surface area (Å²) < 4.78 is 5.66. The predicted octanol–water partition coefficient (Wildman–Crippen LogP) is 4.85. The molecule has 35 heavy (non-hydrogen) atoms. The van der Waals surface area contributed by atoms with Gasteiger partial charge in [0, 0.05) is 25.4 Å². The molecule has 0 heterocycles. The van der Waals surface area contributed by atoms with E-state index in [-0.39, 0.29) is 31.4 Å². The maximum absolute atomic E-state index is 13.1. The zero-order chi connectivity index (χ0) is 24.7. The Bertz CT molecular complexity index is 1010. The van der Waals surface area contributed by atoms with Crippen LogP contribution in [0, 0.1) is 5.41 Å². The molecule has 0 bridgehead atoms. The quantitative estimate of drug-likeness (QED) is 0.353. The minimum Gasteiger partial charge on any atom is -0.481 e. The van der Waals surface area contributed by atoms with Crippen LogP contribution < -0.4 is 10.6 Å². The van der Waals surface area contributed by atoms with Gasteiger partial charge in [-0.1, -0.05) is 74.2 Å². The molecule has 0 aromatic heterocycles. The third-order valence-corrected chi connectivity index (χ3v) is 7.31. The van der Waals surface area contributed by atoms with Crippen molar-refractivity contribution in [2.24, 2.45) is 5.41 Å². The van der Waals surface area contributed by atoms with E-state index in [0.29, 0.717) is 25.8 Å². The van der Waals surface area contributed by atoms with Crippen molar-refractivity contribution in [1.82, 2.24) is 10.6 Å². The summed E-state index contributed by atoms with van der Waals surface area (Å²) in [6.07, 6.45) is 5.27. The number of nitrogens with one attached hydrogen (secondary N) is 2. The number of carboxylic acid groups (broad SMARTS) is 1. The summed E-state index contributed by atoms with van der Waals surface area (Å²) in [6.45, 7) is 0.764. The lowest BCUT2D eigenvalue weighted by Crippen LogP contribution is -2.48. The molecule has 186 valence electrons. The number of carboxylic acids is 1. The number of carbonyl (C=O) groups excluding carboxylic acids is 2. The molecule has 1 fully saturated rings. The van der Waals surface area contributed by atoms with Gasteiger partial charge in [0.25, 0.3) is 0 Å². The van der Waals surface area contributed by atoms with Crippen molar-refractivity contribution < 1.29 is 24.2 Å². The predicted molar refractivity (Wildman–Crippen MR) is 133 cm³/mol. The Balaban J connectivity index is 1.36. The highest BCUT2D eigenvalue weighted by Crippen LogP contribution is 2.44. The van der Waals surface area contributed by atoms with Gasteiger partial charge in [0.1, 0.15) is 6.61 Å². The van der Waals surface area contributed by atoms with E-state index in [9.17, 15) is 14.4 Å². The number of ether oxygens (including phenoxy) is 1. The van der Waals surface area contributed by atoms with Crippen molar-refractivity contribution in [3.05, 3.63) is 59.7 Å². The average Bonchev–Trinajstić information content (AvgIpc) is 3.00. The highest BCUT2D eigenvalue weighted by atomic mass is 16.5. The SMILES string of the molecule is O=C(O)CCCNC(=O)C1(CNC(=O)OCC2c3ccccc3-c3ccccc32)CCCCCC1. The van der Waals surface area contributed by atoms with E-state index in [1.807, 2.05) is 24.3 Å². The van der Waals surface area contributed by atoms with Gasteiger partial charge in [0.05, 0.1) is 5.41 Å². The molecule has 1 saturated carbocycles. The number of rotatable bonds is 9. The topological polar surface area (TPSA) is 105 Å². The van der Waals surface area contributed by atoms with Crippen LogP contribution in [0.25, 0.3) is 11.1 Å². The number of amides is 2. The zero-order valence-electron chi connectivity index (χ0n) is 20.1.